The summed E-state index contributed by atoms with van der Waals surface area (Å²) in [6, 6.07) is 7.49. The number of nitrogens with zero attached hydrogens (tertiary/aromatic N) is 1. The molecule has 1 saturated carbocycles. The van der Waals surface area contributed by atoms with Gasteiger partial charge in [-0.15, -0.1) is 0 Å². The summed E-state index contributed by atoms with van der Waals surface area (Å²) >= 11 is 3.57. The first kappa shape index (κ1) is 11.5. The maximum Gasteiger partial charge on any atom is 0.0415 e. The van der Waals surface area contributed by atoms with Crippen molar-refractivity contribution in [3.63, 3.8) is 0 Å². The van der Waals surface area contributed by atoms with Crippen molar-refractivity contribution in [3.8, 4) is 0 Å². The number of nitrogens with one attached hydrogen (secondary N) is 1. The average molecular weight is 295 g/mol. The van der Waals surface area contributed by atoms with E-state index < -0.39 is 0 Å². The van der Waals surface area contributed by atoms with Gasteiger partial charge in [-0.2, -0.15) is 0 Å². The van der Waals surface area contributed by atoms with Gasteiger partial charge >= 0.3 is 0 Å². The van der Waals surface area contributed by atoms with Gasteiger partial charge in [0, 0.05) is 35.8 Å². The zero-order valence-corrected chi connectivity index (χ0v) is 11.7. The van der Waals surface area contributed by atoms with Gasteiger partial charge in [0.1, 0.15) is 0 Å². The van der Waals surface area contributed by atoms with Gasteiger partial charge in [-0.25, -0.2) is 0 Å². The fourth-order valence-corrected chi connectivity index (χ4v) is 3.52. The standard InChI is InChI=1S/C14H19BrN2/c15-12-5-6-14-11(9-12)10-16-7-8-17(14)13-3-1-2-4-13/h5-6,9,13,16H,1-4,7-8,10H2. The summed E-state index contributed by atoms with van der Waals surface area (Å²) in [6.45, 7) is 3.25. The van der Waals surface area contributed by atoms with Gasteiger partial charge in [-0.05, 0) is 36.6 Å². The minimum absolute atomic E-state index is 0.773. The SMILES string of the molecule is Brc1ccc2c(c1)CNCCN2C1CCCC1. The third-order valence-corrected chi connectivity index (χ3v) is 4.45. The third kappa shape index (κ3) is 2.36. The second-order valence-electron chi connectivity index (χ2n) is 5.08. The maximum atomic E-state index is 3.57. The molecule has 1 aliphatic heterocycles. The quantitative estimate of drug-likeness (QED) is 0.855. The summed E-state index contributed by atoms with van der Waals surface area (Å²) in [5.41, 5.74) is 2.88. The van der Waals surface area contributed by atoms with Crippen molar-refractivity contribution in [2.24, 2.45) is 0 Å². The van der Waals surface area contributed by atoms with E-state index in [1.54, 1.807) is 0 Å². The monoisotopic (exact) mass is 294 g/mol. The van der Waals surface area contributed by atoms with Gasteiger partial charge < -0.3 is 10.2 Å². The Labute approximate surface area is 112 Å². The molecule has 0 aromatic heterocycles. The second-order valence-corrected chi connectivity index (χ2v) is 6.00. The first-order chi connectivity index (χ1) is 8.34. The molecule has 17 heavy (non-hydrogen) atoms. The van der Waals surface area contributed by atoms with E-state index >= 15 is 0 Å². The fourth-order valence-electron chi connectivity index (χ4n) is 3.11. The molecule has 1 N–H and O–H groups in total. The van der Waals surface area contributed by atoms with Crippen molar-refractivity contribution in [1.29, 1.82) is 0 Å². The lowest BCUT2D eigenvalue weighted by atomic mass is 10.1. The predicted octanol–water partition coefficient (Wildman–Crippen LogP) is 3.30. The molecule has 3 heteroatoms. The Bertz CT molecular complexity index is 399. The highest BCUT2D eigenvalue weighted by Gasteiger charge is 2.25. The first-order valence-electron chi connectivity index (χ1n) is 6.60. The molecule has 1 aromatic rings. The van der Waals surface area contributed by atoms with Gasteiger partial charge in [-0.1, -0.05) is 28.8 Å². The van der Waals surface area contributed by atoms with Crippen LogP contribution in [-0.4, -0.2) is 19.1 Å². The lowest BCUT2D eigenvalue weighted by Gasteiger charge is -2.31. The molecule has 1 fully saturated rings. The van der Waals surface area contributed by atoms with Crippen molar-refractivity contribution in [3.05, 3.63) is 28.2 Å². The molecular formula is C14H19BrN2. The maximum absolute atomic E-state index is 3.57. The molecule has 1 aliphatic carbocycles. The Kier molecular flexibility index (Phi) is 3.39. The summed E-state index contributed by atoms with van der Waals surface area (Å²) in [5.74, 6) is 0. The number of benzene rings is 1. The molecule has 3 rings (SSSR count). The van der Waals surface area contributed by atoms with E-state index in [9.17, 15) is 0 Å². The Morgan fingerprint density at radius 2 is 2.06 bits per heavy atom. The van der Waals surface area contributed by atoms with E-state index in [0.29, 0.717) is 0 Å². The zero-order chi connectivity index (χ0) is 11.7. The van der Waals surface area contributed by atoms with Crippen LogP contribution in [0.4, 0.5) is 5.69 Å². The van der Waals surface area contributed by atoms with Crippen LogP contribution >= 0.6 is 15.9 Å². The topological polar surface area (TPSA) is 15.3 Å². The summed E-state index contributed by atoms with van der Waals surface area (Å²) in [7, 11) is 0. The molecule has 0 bridgehead atoms. The molecule has 92 valence electrons. The molecular weight excluding hydrogens is 276 g/mol. The highest BCUT2D eigenvalue weighted by atomic mass is 79.9. The molecule has 2 aliphatic rings. The second kappa shape index (κ2) is 4.99. The largest absolute Gasteiger partial charge is 0.367 e. The van der Waals surface area contributed by atoms with Crippen LogP contribution in [0.1, 0.15) is 31.2 Å². The highest BCUT2D eigenvalue weighted by molar-refractivity contribution is 9.10. The van der Waals surface area contributed by atoms with E-state index in [1.165, 1.54) is 41.4 Å². The molecule has 0 saturated heterocycles. The van der Waals surface area contributed by atoms with E-state index in [4.69, 9.17) is 0 Å². The Balaban J connectivity index is 1.94. The molecule has 0 radical (unpaired) electrons. The number of hydrogen-bond donors (Lipinski definition) is 1. The normalized spacial score (nSPS) is 21.4. The summed E-state index contributed by atoms with van der Waals surface area (Å²) in [6.07, 6.45) is 5.55. The predicted molar refractivity (Wildman–Crippen MR) is 75.5 cm³/mol. The van der Waals surface area contributed by atoms with Gasteiger partial charge in [0.25, 0.3) is 0 Å². The van der Waals surface area contributed by atoms with Crippen LogP contribution in [-0.2, 0) is 6.54 Å². The van der Waals surface area contributed by atoms with Crippen molar-refractivity contribution in [2.75, 3.05) is 18.0 Å². The van der Waals surface area contributed by atoms with Crippen LogP contribution in [0.2, 0.25) is 0 Å². The van der Waals surface area contributed by atoms with Crippen LogP contribution in [0.25, 0.3) is 0 Å². The smallest absolute Gasteiger partial charge is 0.0415 e. The summed E-state index contributed by atoms with van der Waals surface area (Å²) in [4.78, 5) is 2.63. The van der Waals surface area contributed by atoms with Crippen LogP contribution in [0.3, 0.4) is 0 Å². The van der Waals surface area contributed by atoms with Crippen molar-refractivity contribution < 1.29 is 0 Å². The van der Waals surface area contributed by atoms with Gasteiger partial charge in [0.15, 0.2) is 0 Å². The molecule has 1 aromatic carbocycles. The zero-order valence-electron chi connectivity index (χ0n) is 10.1. The molecule has 0 spiro atoms. The van der Waals surface area contributed by atoms with E-state index in [2.05, 4.69) is 44.3 Å². The lowest BCUT2D eigenvalue weighted by Crippen LogP contribution is -2.36. The number of fused-ring (bicyclic) bond motifs is 1. The third-order valence-electron chi connectivity index (χ3n) is 3.96. The van der Waals surface area contributed by atoms with Gasteiger partial charge in [0.2, 0.25) is 0 Å². The van der Waals surface area contributed by atoms with E-state index in [1.807, 2.05) is 0 Å². The minimum atomic E-state index is 0.773. The Morgan fingerprint density at radius 1 is 1.24 bits per heavy atom. The molecule has 2 nitrogen and oxygen atoms in total. The molecule has 0 amide bonds. The number of anilines is 1. The van der Waals surface area contributed by atoms with E-state index in [-0.39, 0.29) is 0 Å². The van der Waals surface area contributed by atoms with Gasteiger partial charge in [-0.3, -0.25) is 0 Å². The van der Waals surface area contributed by atoms with Crippen molar-refractivity contribution >= 4 is 21.6 Å². The van der Waals surface area contributed by atoms with E-state index in [0.717, 1.165) is 25.7 Å². The fraction of sp³-hybridized carbons (Fsp3) is 0.571. The van der Waals surface area contributed by atoms with Crippen LogP contribution < -0.4 is 10.2 Å². The summed E-state index contributed by atoms with van der Waals surface area (Å²) < 4.78 is 1.19. The highest BCUT2D eigenvalue weighted by Crippen LogP contribution is 2.32. The average Bonchev–Trinajstić information content (AvgIpc) is 2.77. The first-order valence-corrected chi connectivity index (χ1v) is 7.40. The van der Waals surface area contributed by atoms with Crippen LogP contribution in [0, 0.1) is 0 Å². The lowest BCUT2D eigenvalue weighted by molar-refractivity contribution is 0.594. The molecule has 0 atom stereocenters. The Hall–Kier alpha value is -0.540. The number of hydrogen-bond acceptors (Lipinski definition) is 2. The number of rotatable bonds is 1. The molecule has 0 unspecified atom stereocenters. The van der Waals surface area contributed by atoms with Crippen molar-refractivity contribution in [1.82, 2.24) is 5.32 Å². The minimum Gasteiger partial charge on any atom is -0.367 e. The van der Waals surface area contributed by atoms with Gasteiger partial charge in [0.05, 0.1) is 0 Å². The molecule has 1 heterocycles. The van der Waals surface area contributed by atoms with Crippen molar-refractivity contribution in [2.45, 2.75) is 38.3 Å². The Morgan fingerprint density at radius 3 is 2.88 bits per heavy atom. The summed E-state index contributed by atoms with van der Waals surface area (Å²) in [5, 5.41) is 3.52. The van der Waals surface area contributed by atoms with Crippen LogP contribution in [0.15, 0.2) is 22.7 Å². The number of halogens is 1. The van der Waals surface area contributed by atoms with Crippen LogP contribution in [0.5, 0.6) is 0 Å².